The lowest BCUT2D eigenvalue weighted by atomic mass is 10.1. The molecule has 1 aliphatic heterocycles. The number of nitro benzene ring substituents is 1. The zero-order valence-corrected chi connectivity index (χ0v) is 9.28. The topological polar surface area (TPSA) is 46.4 Å². The number of hydrogen-bond donors (Lipinski definition) is 0. The van der Waals surface area contributed by atoms with Crippen LogP contribution in [0.1, 0.15) is 0 Å². The maximum Gasteiger partial charge on any atom is 0.292 e. The van der Waals surface area contributed by atoms with Gasteiger partial charge in [-0.15, -0.1) is 0 Å². The van der Waals surface area contributed by atoms with Gasteiger partial charge in [0.1, 0.15) is 11.9 Å². The Balaban J connectivity index is 2.35. The van der Waals surface area contributed by atoms with E-state index in [0.717, 1.165) is 4.47 Å². The molecule has 2 rings (SSSR count). The van der Waals surface area contributed by atoms with Crippen LogP contribution in [0.4, 0.5) is 15.8 Å². The lowest BCUT2D eigenvalue weighted by Gasteiger charge is -2.35. The van der Waals surface area contributed by atoms with Crippen LogP contribution in [0.15, 0.2) is 22.7 Å². The molecule has 1 fully saturated rings. The first-order valence-electron chi connectivity index (χ1n) is 4.41. The van der Waals surface area contributed by atoms with Gasteiger partial charge in [0, 0.05) is 10.5 Å². The van der Waals surface area contributed by atoms with Crippen molar-refractivity contribution < 1.29 is 9.31 Å². The Bertz CT molecular complexity index is 407. The van der Waals surface area contributed by atoms with E-state index in [1.54, 1.807) is 17.0 Å². The summed E-state index contributed by atoms with van der Waals surface area (Å²) in [5.41, 5.74) is 0.494. The fourth-order valence-corrected chi connectivity index (χ4v) is 1.87. The predicted molar refractivity (Wildman–Crippen MR) is 57.9 cm³/mol. The minimum absolute atomic E-state index is 0.0186. The molecule has 1 saturated heterocycles. The third-order valence-corrected chi connectivity index (χ3v) is 2.81. The first-order chi connectivity index (χ1) is 7.08. The van der Waals surface area contributed by atoms with Crippen LogP contribution in [-0.2, 0) is 0 Å². The standard InChI is InChI=1S/C9H8BrFN2O2/c10-6-1-2-8(13(14)15)9(3-6)12-4-7(11)5-12/h1-3,7H,4-5H2. The van der Waals surface area contributed by atoms with E-state index in [1.165, 1.54) is 6.07 Å². The van der Waals surface area contributed by atoms with E-state index in [1.807, 2.05) is 0 Å². The Morgan fingerprint density at radius 1 is 1.53 bits per heavy atom. The van der Waals surface area contributed by atoms with Crippen LogP contribution in [0.2, 0.25) is 0 Å². The molecule has 0 radical (unpaired) electrons. The molecule has 0 N–H and O–H groups in total. The average Bonchev–Trinajstić information content (AvgIpc) is 2.12. The molecule has 80 valence electrons. The maximum atomic E-state index is 12.7. The SMILES string of the molecule is O=[N+]([O-])c1ccc(Br)cc1N1CC(F)C1. The molecule has 6 heteroatoms. The van der Waals surface area contributed by atoms with Gasteiger partial charge in [-0.25, -0.2) is 4.39 Å². The molecule has 0 bridgehead atoms. The predicted octanol–water partition coefficient (Wildman–Crippen LogP) is 2.52. The zero-order valence-electron chi connectivity index (χ0n) is 7.69. The fourth-order valence-electron chi connectivity index (χ4n) is 1.53. The highest BCUT2D eigenvalue weighted by atomic mass is 79.9. The fraction of sp³-hybridized carbons (Fsp3) is 0.333. The van der Waals surface area contributed by atoms with Crippen molar-refractivity contribution in [2.24, 2.45) is 0 Å². The van der Waals surface area contributed by atoms with Crippen molar-refractivity contribution in [1.82, 2.24) is 0 Å². The van der Waals surface area contributed by atoms with Gasteiger partial charge >= 0.3 is 0 Å². The second-order valence-corrected chi connectivity index (χ2v) is 4.31. The Hall–Kier alpha value is -1.17. The third-order valence-electron chi connectivity index (χ3n) is 2.31. The van der Waals surface area contributed by atoms with Crippen LogP contribution in [0.25, 0.3) is 0 Å². The van der Waals surface area contributed by atoms with E-state index in [4.69, 9.17) is 0 Å². The number of anilines is 1. The van der Waals surface area contributed by atoms with Gasteiger partial charge in [-0.3, -0.25) is 10.1 Å². The van der Waals surface area contributed by atoms with Crippen LogP contribution >= 0.6 is 15.9 Å². The quantitative estimate of drug-likeness (QED) is 0.615. The van der Waals surface area contributed by atoms with Crippen molar-refractivity contribution in [3.05, 3.63) is 32.8 Å². The molecule has 0 unspecified atom stereocenters. The largest absolute Gasteiger partial charge is 0.360 e. The lowest BCUT2D eigenvalue weighted by molar-refractivity contribution is -0.384. The summed E-state index contributed by atoms with van der Waals surface area (Å²) in [6.45, 7) is 0.467. The summed E-state index contributed by atoms with van der Waals surface area (Å²) in [6, 6.07) is 4.67. The van der Waals surface area contributed by atoms with Gasteiger partial charge in [-0.05, 0) is 12.1 Å². The van der Waals surface area contributed by atoms with Gasteiger partial charge in [0.15, 0.2) is 0 Å². The number of nitrogens with zero attached hydrogens (tertiary/aromatic N) is 2. The Kier molecular flexibility index (Phi) is 2.60. The van der Waals surface area contributed by atoms with Crippen LogP contribution in [0, 0.1) is 10.1 Å². The summed E-state index contributed by atoms with van der Waals surface area (Å²) >= 11 is 3.24. The first kappa shape index (κ1) is 10.4. The van der Waals surface area contributed by atoms with E-state index in [-0.39, 0.29) is 18.8 Å². The highest BCUT2D eigenvalue weighted by molar-refractivity contribution is 9.10. The molecule has 0 aromatic heterocycles. The van der Waals surface area contributed by atoms with Crippen LogP contribution in [-0.4, -0.2) is 24.2 Å². The number of nitro groups is 1. The van der Waals surface area contributed by atoms with Crippen LogP contribution in [0.3, 0.4) is 0 Å². The number of benzene rings is 1. The number of alkyl halides is 1. The Labute approximate surface area is 94.0 Å². The van der Waals surface area contributed by atoms with Crippen molar-refractivity contribution in [3.8, 4) is 0 Å². The molecular formula is C9H8BrFN2O2. The summed E-state index contributed by atoms with van der Waals surface area (Å²) in [7, 11) is 0. The second kappa shape index (κ2) is 3.77. The van der Waals surface area contributed by atoms with Crippen molar-refractivity contribution >= 4 is 27.3 Å². The molecule has 0 saturated carbocycles. The van der Waals surface area contributed by atoms with E-state index in [2.05, 4.69) is 15.9 Å². The normalized spacial score (nSPS) is 16.3. The molecule has 1 heterocycles. The monoisotopic (exact) mass is 274 g/mol. The van der Waals surface area contributed by atoms with E-state index >= 15 is 0 Å². The van der Waals surface area contributed by atoms with Gasteiger partial charge in [0.25, 0.3) is 5.69 Å². The minimum Gasteiger partial charge on any atom is -0.360 e. The molecule has 0 aliphatic carbocycles. The van der Waals surface area contributed by atoms with Gasteiger partial charge < -0.3 is 4.90 Å². The number of halogens is 2. The zero-order chi connectivity index (χ0) is 11.0. The van der Waals surface area contributed by atoms with Gasteiger partial charge in [0.2, 0.25) is 0 Å². The summed E-state index contributed by atoms with van der Waals surface area (Å²) in [5, 5.41) is 10.7. The van der Waals surface area contributed by atoms with Crippen molar-refractivity contribution in [2.45, 2.75) is 6.17 Å². The third kappa shape index (κ3) is 1.94. The molecule has 0 atom stereocenters. The molecule has 15 heavy (non-hydrogen) atoms. The molecule has 0 spiro atoms. The molecule has 0 amide bonds. The summed E-state index contributed by atoms with van der Waals surface area (Å²) in [6.07, 6.45) is -0.872. The van der Waals surface area contributed by atoms with E-state index < -0.39 is 11.1 Å². The molecular weight excluding hydrogens is 267 g/mol. The highest BCUT2D eigenvalue weighted by Crippen LogP contribution is 2.34. The Morgan fingerprint density at radius 2 is 2.20 bits per heavy atom. The summed E-state index contributed by atoms with van der Waals surface area (Å²) in [5.74, 6) is 0. The molecule has 4 nitrogen and oxygen atoms in total. The first-order valence-corrected chi connectivity index (χ1v) is 5.20. The molecule has 1 aromatic carbocycles. The van der Waals surface area contributed by atoms with Crippen molar-refractivity contribution in [1.29, 1.82) is 0 Å². The number of rotatable bonds is 2. The van der Waals surface area contributed by atoms with Gasteiger partial charge in [-0.2, -0.15) is 0 Å². The van der Waals surface area contributed by atoms with Crippen molar-refractivity contribution in [3.63, 3.8) is 0 Å². The Morgan fingerprint density at radius 3 is 2.73 bits per heavy atom. The minimum atomic E-state index is -0.872. The lowest BCUT2D eigenvalue weighted by Crippen LogP contribution is -2.48. The smallest absolute Gasteiger partial charge is 0.292 e. The summed E-state index contributed by atoms with van der Waals surface area (Å²) in [4.78, 5) is 11.9. The number of hydrogen-bond acceptors (Lipinski definition) is 3. The maximum absolute atomic E-state index is 12.7. The van der Waals surface area contributed by atoms with Gasteiger partial charge in [0.05, 0.1) is 18.0 Å². The van der Waals surface area contributed by atoms with Crippen LogP contribution < -0.4 is 4.90 Å². The second-order valence-electron chi connectivity index (χ2n) is 3.39. The molecule has 1 aliphatic rings. The highest BCUT2D eigenvalue weighted by Gasteiger charge is 2.31. The van der Waals surface area contributed by atoms with E-state index in [0.29, 0.717) is 5.69 Å². The van der Waals surface area contributed by atoms with Gasteiger partial charge in [-0.1, -0.05) is 15.9 Å². The molecule has 1 aromatic rings. The van der Waals surface area contributed by atoms with Crippen LogP contribution in [0.5, 0.6) is 0 Å². The average molecular weight is 275 g/mol. The van der Waals surface area contributed by atoms with E-state index in [9.17, 15) is 14.5 Å². The summed E-state index contributed by atoms with van der Waals surface area (Å²) < 4.78 is 13.4. The van der Waals surface area contributed by atoms with Crippen molar-refractivity contribution in [2.75, 3.05) is 18.0 Å².